The predicted octanol–water partition coefficient (Wildman–Crippen LogP) is 5.60. The summed E-state index contributed by atoms with van der Waals surface area (Å²) in [6.45, 7) is 2.38. The summed E-state index contributed by atoms with van der Waals surface area (Å²) in [5.74, 6) is 0. The van der Waals surface area contributed by atoms with E-state index in [-0.39, 0.29) is 0 Å². The molecule has 29 heavy (non-hydrogen) atoms. The summed E-state index contributed by atoms with van der Waals surface area (Å²) in [4.78, 5) is 0. The smallest absolute Gasteiger partial charge is 0.0212 e. The van der Waals surface area contributed by atoms with Gasteiger partial charge in [0, 0.05) is 11.4 Å². The zero-order valence-electron chi connectivity index (χ0n) is 16.4. The molecule has 4 aromatic carbocycles. The molecule has 0 saturated heterocycles. The first-order chi connectivity index (χ1) is 14.2. The molecule has 0 saturated carbocycles. The summed E-state index contributed by atoms with van der Waals surface area (Å²) in [5.41, 5.74) is 0. The van der Waals surface area contributed by atoms with E-state index in [4.69, 9.17) is 11.8 Å². The molecule has 0 amide bonds. The number of hydrogen-bond acceptors (Lipinski definition) is 1. The maximum absolute atomic E-state index is 6.66. The van der Waals surface area contributed by atoms with E-state index < -0.39 is 14.0 Å². The Morgan fingerprint density at radius 1 is 0.552 bits per heavy atom. The van der Waals surface area contributed by atoms with E-state index in [0.29, 0.717) is 5.40 Å². The van der Waals surface area contributed by atoms with Gasteiger partial charge in [-0.15, -0.1) is 0 Å². The zero-order chi connectivity index (χ0) is 20.1. The third kappa shape index (κ3) is 4.15. The van der Waals surface area contributed by atoms with Gasteiger partial charge in [0.25, 0.3) is 0 Å². The third-order valence-corrected chi connectivity index (χ3v) is 15.3. The van der Waals surface area contributed by atoms with Crippen LogP contribution in [0.25, 0.3) is 0 Å². The highest BCUT2D eigenvalue weighted by Crippen LogP contribution is 2.61. The second kappa shape index (κ2) is 9.19. The summed E-state index contributed by atoms with van der Waals surface area (Å²) in [5, 5.41) is 5.72. The van der Waals surface area contributed by atoms with Crippen molar-refractivity contribution in [2.45, 2.75) is 12.3 Å². The highest BCUT2D eigenvalue weighted by Gasteiger charge is 2.35. The fraction of sp³-hybridized carbons (Fsp3) is 0.0769. The molecule has 4 aromatic rings. The van der Waals surface area contributed by atoms with Gasteiger partial charge in [0.05, 0.1) is 0 Å². The Balaban J connectivity index is 1.92. The molecule has 0 heterocycles. The van der Waals surface area contributed by atoms with E-state index >= 15 is 0 Å². The van der Waals surface area contributed by atoms with Crippen molar-refractivity contribution in [3.05, 3.63) is 121 Å². The molecule has 0 aromatic heterocycles. The van der Waals surface area contributed by atoms with Gasteiger partial charge >= 0.3 is 0 Å². The van der Waals surface area contributed by atoms with Crippen LogP contribution < -0.4 is 21.2 Å². The van der Waals surface area contributed by atoms with Gasteiger partial charge in [-0.3, -0.25) is 0 Å². The van der Waals surface area contributed by atoms with Crippen molar-refractivity contribution < 1.29 is 0 Å². The zero-order valence-corrected chi connectivity index (χ0v) is 19.0. The molecule has 144 valence electrons. The maximum Gasteiger partial charge on any atom is 0.0212 e. The normalized spacial score (nSPS) is 12.6. The third-order valence-electron chi connectivity index (χ3n) is 5.25. The summed E-state index contributed by atoms with van der Waals surface area (Å²) < 4.78 is 0. The van der Waals surface area contributed by atoms with Gasteiger partial charge in [-0.2, -0.15) is 0 Å². The first-order valence-electron chi connectivity index (χ1n) is 9.81. The Hall–Kier alpha value is -2.04. The van der Waals surface area contributed by atoms with Crippen molar-refractivity contribution in [1.82, 2.24) is 0 Å². The molecule has 0 N–H and O–H groups in total. The minimum absolute atomic E-state index is 0.335. The molecule has 0 aliphatic heterocycles. The molecule has 0 aliphatic rings. The van der Waals surface area contributed by atoms with Gasteiger partial charge in [0.1, 0.15) is 0 Å². The lowest BCUT2D eigenvalue weighted by atomic mass is 10.4. The van der Waals surface area contributed by atoms with Crippen LogP contribution in [0.3, 0.4) is 0 Å². The Morgan fingerprint density at radius 3 is 1.21 bits per heavy atom. The minimum Gasteiger partial charge on any atom is -0.0869 e. The van der Waals surface area contributed by atoms with E-state index in [9.17, 15) is 0 Å². The van der Waals surface area contributed by atoms with Crippen molar-refractivity contribution in [1.29, 1.82) is 0 Å². The highest BCUT2D eigenvalue weighted by atomic mass is 32.4. The maximum atomic E-state index is 6.66. The second-order valence-electron chi connectivity index (χ2n) is 7.00. The van der Waals surface area contributed by atoms with Gasteiger partial charge in [-0.05, 0) is 29.1 Å². The van der Waals surface area contributed by atoms with Gasteiger partial charge in [-0.25, -0.2) is 0 Å². The van der Waals surface area contributed by atoms with Crippen LogP contribution in [0, 0.1) is 0 Å². The summed E-state index contributed by atoms with van der Waals surface area (Å²) >= 11 is 6.66. The van der Waals surface area contributed by atoms with Crippen molar-refractivity contribution >= 4 is 47.0 Å². The SMILES string of the molecule is CC(P(c1ccccc1)c1ccccc1)P(=S)(c1ccccc1)c1ccccc1. The van der Waals surface area contributed by atoms with Gasteiger partial charge in [0.2, 0.25) is 0 Å². The van der Waals surface area contributed by atoms with Crippen molar-refractivity contribution in [2.24, 2.45) is 0 Å². The standard InChI is InChI=1S/C26H24P2S/c1-22(27(23-14-6-2-7-15-23)24-16-8-3-9-17-24)28(29,25-18-10-4-11-19-25)26-20-12-5-13-21-26/h2-22H,1H3. The molecule has 4 rings (SSSR count). The Bertz CT molecular complexity index is 998. The van der Waals surface area contributed by atoms with Gasteiger partial charge in [-0.1, -0.05) is 140 Å². The van der Waals surface area contributed by atoms with Crippen LogP contribution in [-0.2, 0) is 11.8 Å². The van der Waals surface area contributed by atoms with E-state index in [0.717, 1.165) is 0 Å². The largest absolute Gasteiger partial charge is 0.0869 e. The fourth-order valence-corrected chi connectivity index (χ4v) is 12.8. The molecule has 0 nitrogen and oxygen atoms in total. The molecular formula is C26H24P2S. The molecule has 1 atom stereocenters. The monoisotopic (exact) mass is 430 g/mol. The fourth-order valence-electron chi connectivity index (χ4n) is 3.80. The van der Waals surface area contributed by atoms with E-state index in [1.807, 2.05) is 0 Å². The highest BCUT2D eigenvalue weighted by molar-refractivity contribution is 8.25. The molecule has 3 heteroatoms. The van der Waals surface area contributed by atoms with Crippen LogP contribution in [0.4, 0.5) is 0 Å². The molecule has 0 spiro atoms. The number of benzene rings is 4. The lowest BCUT2D eigenvalue weighted by Gasteiger charge is -2.36. The van der Waals surface area contributed by atoms with Crippen molar-refractivity contribution in [2.75, 3.05) is 0 Å². The van der Waals surface area contributed by atoms with Crippen LogP contribution in [0.1, 0.15) is 6.92 Å². The van der Waals surface area contributed by atoms with Crippen LogP contribution in [-0.4, -0.2) is 5.40 Å². The number of rotatable bonds is 6. The van der Waals surface area contributed by atoms with Gasteiger partial charge in [0.15, 0.2) is 0 Å². The first-order valence-corrected chi connectivity index (χ1v) is 14.1. The van der Waals surface area contributed by atoms with Crippen molar-refractivity contribution in [3.8, 4) is 0 Å². The lowest BCUT2D eigenvalue weighted by Crippen LogP contribution is -2.28. The summed E-state index contributed by atoms with van der Waals surface area (Å²) in [7, 11) is -0.602. The first kappa shape index (κ1) is 20.2. The van der Waals surface area contributed by atoms with Crippen LogP contribution in [0.2, 0.25) is 0 Å². The average Bonchev–Trinajstić information content (AvgIpc) is 2.81. The quantitative estimate of drug-likeness (QED) is 0.359. The summed E-state index contributed by atoms with van der Waals surface area (Å²) in [6.07, 6.45) is 0. The molecular weight excluding hydrogens is 406 g/mol. The van der Waals surface area contributed by atoms with E-state index in [2.05, 4.69) is 128 Å². The molecule has 0 aliphatic carbocycles. The molecule has 1 unspecified atom stereocenters. The number of hydrogen-bond donors (Lipinski definition) is 0. The molecule has 0 bridgehead atoms. The predicted molar refractivity (Wildman–Crippen MR) is 135 cm³/mol. The van der Waals surface area contributed by atoms with Crippen LogP contribution >= 0.6 is 14.0 Å². The Morgan fingerprint density at radius 2 is 0.862 bits per heavy atom. The topological polar surface area (TPSA) is 0 Å². The molecule has 0 radical (unpaired) electrons. The minimum atomic E-state index is -2.04. The summed E-state index contributed by atoms with van der Waals surface area (Å²) in [6, 6.07) is 41.4. The van der Waals surface area contributed by atoms with Crippen molar-refractivity contribution in [3.63, 3.8) is 0 Å². The van der Waals surface area contributed by atoms with Crippen LogP contribution in [0.5, 0.6) is 0 Å². The van der Waals surface area contributed by atoms with E-state index in [1.165, 1.54) is 21.2 Å². The van der Waals surface area contributed by atoms with E-state index in [1.54, 1.807) is 0 Å². The average molecular weight is 430 g/mol. The lowest BCUT2D eigenvalue weighted by molar-refractivity contribution is 1.38. The Kier molecular flexibility index (Phi) is 6.41. The van der Waals surface area contributed by atoms with Gasteiger partial charge < -0.3 is 0 Å². The van der Waals surface area contributed by atoms with Crippen LogP contribution in [0.15, 0.2) is 121 Å². The second-order valence-corrected chi connectivity index (χ2v) is 14.8. The Labute approximate surface area is 180 Å². The molecule has 0 fully saturated rings.